The van der Waals surface area contributed by atoms with E-state index in [0.29, 0.717) is 34.0 Å². The number of carbonyl (C=O) groups is 2. The minimum Gasteiger partial charge on any atom is -0.497 e. The lowest BCUT2D eigenvalue weighted by molar-refractivity contribution is -0.148. The van der Waals surface area contributed by atoms with Gasteiger partial charge in [0.1, 0.15) is 11.9 Å². The highest BCUT2D eigenvalue weighted by molar-refractivity contribution is 6.30. The summed E-state index contributed by atoms with van der Waals surface area (Å²) >= 11 is 6.00. The smallest absolute Gasteiger partial charge is 0.310 e. The lowest BCUT2D eigenvalue weighted by Gasteiger charge is -2.16. The summed E-state index contributed by atoms with van der Waals surface area (Å²) in [4.78, 5) is 26.5. The number of methoxy groups -OCH3 is 1. The standard InChI is InChI=1S/C28H26ClNO4/c1-4-26(19-8-6-5-7-9-19)34-27(31)17-23-18(2)30(25-15-14-22(33-3)16-24(23)25)28(32)20-10-12-21(29)13-11-20/h5-16,26H,4,17H2,1-3H3/t26-/m0/s1. The molecule has 34 heavy (non-hydrogen) atoms. The van der Waals surface area contributed by atoms with Gasteiger partial charge in [0.2, 0.25) is 0 Å². The number of benzene rings is 3. The zero-order chi connectivity index (χ0) is 24.2. The molecule has 4 aromatic rings. The van der Waals surface area contributed by atoms with E-state index in [0.717, 1.165) is 16.5 Å². The van der Waals surface area contributed by atoms with Crippen LogP contribution in [0.5, 0.6) is 5.75 Å². The Balaban J connectivity index is 1.71. The van der Waals surface area contributed by atoms with Crippen LogP contribution < -0.4 is 4.74 Å². The zero-order valence-electron chi connectivity index (χ0n) is 19.4. The lowest BCUT2D eigenvalue weighted by atomic mass is 10.1. The van der Waals surface area contributed by atoms with Gasteiger partial charge in [-0.2, -0.15) is 0 Å². The van der Waals surface area contributed by atoms with Crippen LogP contribution in [0.4, 0.5) is 0 Å². The van der Waals surface area contributed by atoms with Gasteiger partial charge in [-0.1, -0.05) is 48.9 Å². The highest BCUT2D eigenvalue weighted by Crippen LogP contribution is 2.32. The monoisotopic (exact) mass is 475 g/mol. The first-order valence-corrected chi connectivity index (χ1v) is 11.5. The highest BCUT2D eigenvalue weighted by atomic mass is 35.5. The molecule has 5 nitrogen and oxygen atoms in total. The Morgan fingerprint density at radius 3 is 2.35 bits per heavy atom. The van der Waals surface area contributed by atoms with Gasteiger partial charge >= 0.3 is 5.97 Å². The van der Waals surface area contributed by atoms with Crippen molar-refractivity contribution in [3.05, 3.63) is 100 Å². The molecule has 0 N–H and O–H groups in total. The summed E-state index contributed by atoms with van der Waals surface area (Å²) < 4.78 is 12.9. The maximum Gasteiger partial charge on any atom is 0.310 e. The first-order valence-electron chi connectivity index (χ1n) is 11.2. The number of hydrogen-bond acceptors (Lipinski definition) is 4. The Hall–Kier alpha value is -3.57. The number of ether oxygens (including phenoxy) is 2. The SMILES string of the molecule is CC[C@H](OC(=O)Cc1c(C)n(C(=O)c2ccc(Cl)cc2)c2ccc(OC)cc12)c1ccccc1. The first-order chi connectivity index (χ1) is 16.4. The van der Waals surface area contributed by atoms with E-state index in [1.165, 1.54) is 0 Å². The summed E-state index contributed by atoms with van der Waals surface area (Å²) in [5.41, 5.74) is 3.59. The Morgan fingerprint density at radius 2 is 1.71 bits per heavy atom. The molecule has 0 radical (unpaired) electrons. The van der Waals surface area contributed by atoms with Crippen LogP contribution in [0.25, 0.3) is 10.9 Å². The average Bonchev–Trinajstić information content (AvgIpc) is 3.13. The van der Waals surface area contributed by atoms with Crippen LogP contribution in [0.1, 0.15) is 46.6 Å². The van der Waals surface area contributed by atoms with Crippen LogP contribution >= 0.6 is 11.6 Å². The summed E-state index contributed by atoms with van der Waals surface area (Å²) in [7, 11) is 1.59. The van der Waals surface area contributed by atoms with Crippen molar-refractivity contribution >= 4 is 34.4 Å². The van der Waals surface area contributed by atoms with Crippen molar-refractivity contribution < 1.29 is 19.1 Å². The summed E-state index contributed by atoms with van der Waals surface area (Å²) in [6.45, 7) is 3.83. The average molecular weight is 476 g/mol. The molecule has 0 aliphatic rings. The van der Waals surface area contributed by atoms with Gasteiger partial charge in [-0.3, -0.25) is 14.2 Å². The second-order valence-corrected chi connectivity index (χ2v) is 8.51. The van der Waals surface area contributed by atoms with E-state index >= 15 is 0 Å². The molecule has 0 amide bonds. The summed E-state index contributed by atoms with van der Waals surface area (Å²) in [5, 5.41) is 1.34. The molecule has 1 atom stereocenters. The van der Waals surface area contributed by atoms with Gasteiger partial charge in [-0.25, -0.2) is 0 Å². The minimum atomic E-state index is -0.348. The van der Waals surface area contributed by atoms with E-state index in [4.69, 9.17) is 21.1 Å². The van der Waals surface area contributed by atoms with Gasteiger partial charge in [0.25, 0.3) is 5.91 Å². The predicted octanol–water partition coefficient (Wildman–Crippen LogP) is 6.54. The first kappa shape index (κ1) is 23.6. The number of halogens is 1. The van der Waals surface area contributed by atoms with Gasteiger partial charge in [0.05, 0.1) is 19.0 Å². The Labute approximate surface area is 203 Å². The highest BCUT2D eigenvalue weighted by Gasteiger charge is 2.24. The molecule has 4 rings (SSSR count). The van der Waals surface area contributed by atoms with Gasteiger partial charge in [0.15, 0.2) is 0 Å². The molecule has 174 valence electrons. The molecule has 1 aromatic heterocycles. The molecule has 0 aliphatic carbocycles. The Morgan fingerprint density at radius 1 is 1.00 bits per heavy atom. The van der Waals surface area contributed by atoms with E-state index in [-0.39, 0.29) is 24.4 Å². The van der Waals surface area contributed by atoms with Crippen LogP contribution in [0.3, 0.4) is 0 Å². The van der Waals surface area contributed by atoms with Crippen molar-refractivity contribution in [1.82, 2.24) is 4.57 Å². The van der Waals surface area contributed by atoms with Crippen molar-refractivity contribution in [3.63, 3.8) is 0 Å². The molecule has 0 saturated carbocycles. The molecule has 0 saturated heterocycles. The van der Waals surface area contributed by atoms with E-state index < -0.39 is 0 Å². The van der Waals surface area contributed by atoms with E-state index in [1.807, 2.05) is 56.3 Å². The largest absolute Gasteiger partial charge is 0.497 e. The van der Waals surface area contributed by atoms with Gasteiger partial charge < -0.3 is 9.47 Å². The summed E-state index contributed by atoms with van der Waals surface area (Å²) in [6, 6.07) is 21.9. The molecule has 0 spiro atoms. The number of fused-ring (bicyclic) bond motifs is 1. The lowest BCUT2D eigenvalue weighted by Crippen LogP contribution is -2.15. The molecule has 6 heteroatoms. The van der Waals surface area contributed by atoms with Crippen molar-refractivity contribution in [2.24, 2.45) is 0 Å². The number of nitrogens with zero attached hydrogens (tertiary/aromatic N) is 1. The van der Waals surface area contributed by atoms with E-state index in [9.17, 15) is 9.59 Å². The van der Waals surface area contributed by atoms with Gasteiger partial charge in [-0.15, -0.1) is 0 Å². The topological polar surface area (TPSA) is 57.5 Å². The molecule has 0 fully saturated rings. The number of hydrogen-bond donors (Lipinski definition) is 0. The third-order valence-electron chi connectivity index (χ3n) is 5.97. The van der Waals surface area contributed by atoms with Crippen LogP contribution in [0.2, 0.25) is 5.02 Å². The van der Waals surface area contributed by atoms with Crippen LogP contribution in [0, 0.1) is 6.92 Å². The van der Waals surface area contributed by atoms with Crippen molar-refractivity contribution in [3.8, 4) is 5.75 Å². The second kappa shape index (κ2) is 10.1. The molecule has 1 heterocycles. The number of carbonyl (C=O) groups excluding carboxylic acids is 2. The molecular formula is C28H26ClNO4. The summed E-state index contributed by atoms with van der Waals surface area (Å²) in [6.07, 6.45) is 0.381. The van der Waals surface area contributed by atoms with Gasteiger partial charge in [0, 0.05) is 21.7 Å². The third kappa shape index (κ3) is 4.70. The Kier molecular flexibility index (Phi) is 7.03. The molecule has 0 bridgehead atoms. The molecule has 0 unspecified atom stereocenters. The maximum atomic E-state index is 13.4. The third-order valence-corrected chi connectivity index (χ3v) is 6.23. The van der Waals surface area contributed by atoms with E-state index in [1.54, 1.807) is 42.0 Å². The number of esters is 1. The normalized spacial score (nSPS) is 11.9. The van der Waals surface area contributed by atoms with Crippen LogP contribution in [-0.2, 0) is 16.0 Å². The van der Waals surface area contributed by atoms with Crippen molar-refractivity contribution in [1.29, 1.82) is 0 Å². The van der Waals surface area contributed by atoms with Crippen molar-refractivity contribution in [2.45, 2.75) is 32.8 Å². The Bertz CT molecular complexity index is 1330. The summed E-state index contributed by atoms with van der Waals surface area (Å²) in [5.74, 6) is 0.105. The fraction of sp³-hybridized carbons (Fsp3) is 0.214. The second-order valence-electron chi connectivity index (χ2n) is 8.07. The zero-order valence-corrected chi connectivity index (χ0v) is 20.1. The maximum absolute atomic E-state index is 13.4. The van der Waals surface area contributed by atoms with Crippen LogP contribution in [0.15, 0.2) is 72.8 Å². The number of aromatic nitrogens is 1. The molecule has 0 aliphatic heterocycles. The van der Waals surface area contributed by atoms with Crippen LogP contribution in [-0.4, -0.2) is 23.6 Å². The fourth-order valence-corrected chi connectivity index (χ4v) is 4.32. The number of rotatable bonds is 7. The van der Waals surface area contributed by atoms with E-state index in [2.05, 4.69) is 0 Å². The van der Waals surface area contributed by atoms with Gasteiger partial charge in [-0.05, 0) is 66.9 Å². The van der Waals surface area contributed by atoms with Crippen molar-refractivity contribution in [2.75, 3.05) is 7.11 Å². The molecule has 3 aromatic carbocycles. The predicted molar refractivity (Wildman–Crippen MR) is 134 cm³/mol. The fourth-order valence-electron chi connectivity index (χ4n) is 4.20. The minimum absolute atomic E-state index is 0.0414. The molecular weight excluding hydrogens is 450 g/mol. The quantitative estimate of drug-likeness (QED) is 0.285.